The lowest BCUT2D eigenvalue weighted by Gasteiger charge is -2.36. The summed E-state index contributed by atoms with van der Waals surface area (Å²) in [5.41, 5.74) is 5.61. The smallest absolute Gasteiger partial charge is 0.0656 e. The predicted octanol–water partition coefficient (Wildman–Crippen LogP) is 4.14. The van der Waals surface area contributed by atoms with Gasteiger partial charge in [0.1, 0.15) is 0 Å². The Morgan fingerprint density at radius 1 is 0.900 bits per heavy atom. The van der Waals surface area contributed by atoms with E-state index in [9.17, 15) is 0 Å². The monoisotopic (exact) mass is 287 g/mol. The first-order valence-electron chi connectivity index (χ1n) is 8.02. The van der Waals surface area contributed by atoms with Gasteiger partial charge in [-0.2, -0.15) is 0 Å². The summed E-state index contributed by atoms with van der Waals surface area (Å²) in [4.78, 5) is 0. The Morgan fingerprint density at radius 2 is 1.50 bits per heavy atom. The topological polar surface area (TPSA) is 44.5 Å². The highest BCUT2D eigenvalue weighted by molar-refractivity contribution is 4.81. The fourth-order valence-corrected chi connectivity index (χ4v) is 2.45. The van der Waals surface area contributed by atoms with Gasteiger partial charge in [-0.05, 0) is 58.4 Å². The van der Waals surface area contributed by atoms with E-state index >= 15 is 0 Å². The highest BCUT2D eigenvalue weighted by atomic mass is 16.5. The van der Waals surface area contributed by atoms with Crippen LogP contribution in [-0.4, -0.2) is 31.0 Å². The molecule has 0 rings (SSSR count). The number of hydrogen-bond donors (Lipinski definition) is 1. The molecule has 0 radical (unpaired) electrons. The summed E-state index contributed by atoms with van der Waals surface area (Å²) < 4.78 is 12.1. The molecule has 2 N–H and O–H groups in total. The van der Waals surface area contributed by atoms with Crippen LogP contribution in [0.1, 0.15) is 74.1 Å². The zero-order chi connectivity index (χ0) is 15.9. The molecule has 1 unspecified atom stereocenters. The van der Waals surface area contributed by atoms with E-state index in [1.807, 2.05) is 0 Å². The van der Waals surface area contributed by atoms with Gasteiger partial charge < -0.3 is 15.2 Å². The van der Waals surface area contributed by atoms with Crippen molar-refractivity contribution in [1.29, 1.82) is 0 Å². The van der Waals surface area contributed by atoms with Gasteiger partial charge in [-0.25, -0.2) is 0 Å². The molecule has 0 saturated carbocycles. The second-order valence-corrected chi connectivity index (χ2v) is 7.89. The largest absolute Gasteiger partial charge is 0.375 e. The first kappa shape index (κ1) is 19.9. The number of hydrogen-bond acceptors (Lipinski definition) is 3. The van der Waals surface area contributed by atoms with Crippen molar-refractivity contribution in [2.45, 2.75) is 85.4 Å². The van der Waals surface area contributed by atoms with Crippen LogP contribution in [0.3, 0.4) is 0 Å². The first-order valence-corrected chi connectivity index (χ1v) is 8.02. The van der Waals surface area contributed by atoms with Gasteiger partial charge in [-0.15, -0.1) is 0 Å². The molecule has 0 fully saturated rings. The van der Waals surface area contributed by atoms with Crippen molar-refractivity contribution < 1.29 is 9.47 Å². The van der Waals surface area contributed by atoms with Crippen LogP contribution in [0.5, 0.6) is 0 Å². The second-order valence-electron chi connectivity index (χ2n) is 7.89. The molecule has 3 heteroatoms. The Kier molecular flexibility index (Phi) is 8.30. The normalized spacial score (nSPS) is 16.2. The maximum atomic E-state index is 6.19. The average Bonchev–Trinajstić information content (AvgIpc) is 2.26. The van der Waals surface area contributed by atoms with Gasteiger partial charge in [0.2, 0.25) is 0 Å². The molecular formula is C17H37NO2. The summed E-state index contributed by atoms with van der Waals surface area (Å²) in [5.74, 6) is 0. The highest BCUT2D eigenvalue weighted by Gasteiger charge is 2.30. The average molecular weight is 287 g/mol. The van der Waals surface area contributed by atoms with E-state index in [0.29, 0.717) is 6.54 Å². The Hall–Kier alpha value is -0.120. The van der Waals surface area contributed by atoms with E-state index in [2.05, 4.69) is 48.5 Å². The molecule has 0 saturated heterocycles. The van der Waals surface area contributed by atoms with Crippen LogP contribution >= 0.6 is 0 Å². The van der Waals surface area contributed by atoms with Crippen LogP contribution in [0.25, 0.3) is 0 Å². The maximum absolute atomic E-state index is 6.19. The Labute approximate surface area is 126 Å². The quantitative estimate of drug-likeness (QED) is 0.614. The van der Waals surface area contributed by atoms with Gasteiger partial charge in [0.25, 0.3) is 0 Å². The zero-order valence-corrected chi connectivity index (χ0v) is 14.8. The minimum absolute atomic E-state index is 0.0361. The molecule has 0 aromatic heterocycles. The molecule has 0 aliphatic carbocycles. The lowest BCUT2D eigenvalue weighted by atomic mass is 9.81. The number of ether oxygens (including phenoxy) is 2. The summed E-state index contributed by atoms with van der Waals surface area (Å²) in [6, 6.07) is 0. The third-order valence-electron chi connectivity index (χ3n) is 3.65. The van der Waals surface area contributed by atoms with Gasteiger partial charge in [-0.3, -0.25) is 0 Å². The molecule has 0 spiro atoms. The lowest BCUT2D eigenvalue weighted by Crippen LogP contribution is -2.35. The Balaban J connectivity index is 4.17. The molecule has 20 heavy (non-hydrogen) atoms. The number of nitrogens with two attached hydrogens (primary N) is 1. The Morgan fingerprint density at radius 3 is 1.95 bits per heavy atom. The van der Waals surface area contributed by atoms with Crippen LogP contribution < -0.4 is 5.73 Å². The molecular weight excluding hydrogens is 250 g/mol. The van der Waals surface area contributed by atoms with Crippen LogP contribution in [0.2, 0.25) is 0 Å². The van der Waals surface area contributed by atoms with E-state index in [1.54, 1.807) is 0 Å². The first-order chi connectivity index (χ1) is 9.04. The molecule has 0 bridgehead atoms. The molecule has 1 atom stereocenters. The van der Waals surface area contributed by atoms with Crippen molar-refractivity contribution in [2.75, 3.05) is 19.8 Å². The van der Waals surface area contributed by atoms with Crippen molar-refractivity contribution in [3.8, 4) is 0 Å². The SMILES string of the molecule is CCC(C)(CC(C)(C)C)OCCC(C)(C)OCCCN. The Bertz CT molecular complexity index is 258. The summed E-state index contributed by atoms with van der Waals surface area (Å²) in [5, 5.41) is 0. The van der Waals surface area contributed by atoms with E-state index in [4.69, 9.17) is 15.2 Å². The van der Waals surface area contributed by atoms with Crippen molar-refractivity contribution in [3.63, 3.8) is 0 Å². The summed E-state index contributed by atoms with van der Waals surface area (Å²) >= 11 is 0. The molecule has 0 aromatic rings. The predicted molar refractivity (Wildman–Crippen MR) is 87.0 cm³/mol. The lowest BCUT2D eigenvalue weighted by molar-refractivity contribution is -0.0919. The molecule has 0 heterocycles. The van der Waals surface area contributed by atoms with E-state index in [-0.39, 0.29) is 16.6 Å². The van der Waals surface area contributed by atoms with Crippen LogP contribution in [0.4, 0.5) is 0 Å². The maximum Gasteiger partial charge on any atom is 0.0656 e. The van der Waals surface area contributed by atoms with Crippen LogP contribution in [0, 0.1) is 5.41 Å². The van der Waals surface area contributed by atoms with Gasteiger partial charge in [-0.1, -0.05) is 27.7 Å². The standard InChI is InChI=1S/C17H37NO2/c1-8-17(7,14-15(2,3)4)20-13-10-16(5,6)19-12-9-11-18/h8-14,18H2,1-7H3. The molecule has 0 aliphatic rings. The van der Waals surface area contributed by atoms with Gasteiger partial charge in [0.05, 0.1) is 17.8 Å². The van der Waals surface area contributed by atoms with Gasteiger partial charge >= 0.3 is 0 Å². The molecule has 3 nitrogen and oxygen atoms in total. The summed E-state index contributed by atoms with van der Waals surface area (Å²) in [7, 11) is 0. The molecule has 122 valence electrons. The van der Waals surface area contributed by atoms with Crippen molar-refractivity contribution in [1.82, 2.24) is 0 Å². The van der Waals surface area contributed by atoms with E-state index < -0.39 is 0 Å². The van der Waals surface area contributed by atoms with E-state index in [0.717, 1.165) is 38.9 Å². The number of rotatable bonds is 10. The van der Waals surface area contributed by atoms with Crippen LogP contribution in [0.15, 0.2) is 0 Å². The minimum atomic E-state index is -0.133. The summed E-state index contributed by atoms with van der Waals surface area (Å²) in [6.45, 7) is 17.6. The zero-order valence-electron chi connectivity index (χ0n) is 14.8. The highest BCUT2D eigenvalue weighted by Crippen LogP contribution is 2.32. The van der Waals surface area contributed by atoms with Gasteiger partial charge in [0.15, 0.2) is 0 Å². The third-order valence-corrected chi connectivity index (χ3v) is 3.65. The second kappa shape index (κ2) is 8.35. The van der Waals surface area contributed by atoms with Crippen molar-refractivity contribution >= 4 is 0 Å². The fraction of sp³-hybridized carbons (Fsp3) is 1.00. The minimum Gasteiger partial charge on any atom is -0.375 e. The van der Waals surface area contributed by atoms with E-state index in [1.165, 1.54) is 0 Å². The molecule has 0 aliphatic heterocycles. The molecule has 0 aromatic carbocycles. The third kappa shape index (κ3) is 9.73. The van der Waals surface area contributed by atoms with Crippen molar-refractivity contribution in [2.24, 2.45) is 11.1 Å². The molecule has 0 amide bonds. The van der Waals surface area contributed by atoms with Crippen molar-refractivity contribution in [3.05, 3.63) is 0 Å². The van der Waals surface area contributed by atoms with Crippen LogP contribution in [-0.2, 0) is 9.47 Å². The fourth-order valence-electron chi connectivity index (χ4n) is 2.45. The summed E-state index contributed by atoms with van der Waals surface area (Å²) in [6.07, 6.45) is 3.95. The van der Waals surface area contributed by atoms with Gasteiger partial charge in [0, 0.05) is 6.61 Å².